The number of para-hydroxylation sites is 2. The van der Waals surface area contributed by atoms with E-state index < -0.39 is 41.6 Å². The van der Waals surface area contributed by atoms with Gasteiger partial charge in [-0.3, -0.25) is 14.5 Å². The summed E-state index contributed by atoms with van der Waals surface area (Å²) in [4.78, 5) is 27.3. The summed E-state index contributed by atoms with van der Waals surface area (Å²) < 4.78 is 92.7. The van der Waals surface area contributed by atoms with E-state index >= 15 is 0 Å². The molecule has 0 saturated carbocycles. The van der Waals surface area contributed by atoms with Crippen LogP contribution >= 0.6 is 0 Å². The molecule has 12 heteroatoms. The molecule has 1 aliphatic heterocycles. The Morgan fingerprint density at radius 2 is 1.50 bits per heavy atom. The van der Waals surface area contributed by atoms with Crippen LogP contribution in [-0.2, 0) is 15.8 Å². The topological polar surface area (TPSA) is 67.9 Å². The number of fused-ring (bicyclic) bond motifs is 1. The summed E-state index contributed by atoms with van der Waals surface area (Å²) in [7, 11) is 2.93. The zero-order valence-electron chi connectivity index (χ0n) is 22.3. The lowest BCUT2D eigenvalue weighted by Gasteiger charge is -2.35. The molecular formula is C30H24F6N2O4. The highest BCUT2D eigenvalue weighted by atomic mass is 19.4. The second-order valence-corrected chi connectivity index (χ2v) is 9.87. The number of nitrogens with one attached hydrogen (secondary N) is 1. The van der Waals surface area contributed by atoms with Crippen LogP contribution in [0.4, 0.5) is 37.7 Å². The molecule has 6 nitrogen and oxygen atoms in total. The lowest BCUT2D eigenvalue weighted by atomic mass is 9.78. The third kappa shape index (κ3) is 5.28. The minimum atomic E-state index is -5.35. The number of allylic oxidation sites excluding steroid dienone is 1. The molecule has 0 bridgehead atoms. The fraction of sp³-hybridized carbons (Fsp3) is 0.267. The van der Waals surface area contributed by atoms with Crippen LogP contribution in [0.25, 0.3) is 0 Å². The molecule has 0 saturated heterocycles. The molecule has 2 aliphatic rings. The third-order valence-corrected chi connectivity index (χ3v) is 7.38. The van der Waals surface area contributed by atoms with E-state index in [1.54, 1.807) is 24.3 Å². The van der Waals surface area contributed by atoms with Crippen molar-refractivity contribution in [2.24, 2.45) is 0 Å². The number of halogens is 6. The molecule has 1 N–H and O–H groups in total. The van der Waals surface area contributed by atoms with Gasteiger partial charge in [-0.1, -0.05) is 30.3 Å². The van der Waals surface area contributed by atoms with Gasteiger partial charge in [0.25, 0.3) is 0 Å². The fourth-order valence-electron chi connectivity index (χ4n) is 5.46. The standard InChI is InChI=1S/C30H24F6N2O4/c1-41-24-12-9-17(15-25(24)42-2)18-13-21-26(23(39)14-18)27(16-7-10-19(11-8-16)29(31,32)33)38(28(40)30(34,35)36)22-6-4-3-5-20(22)37-21/h3-12,15,18,27,37H,13-14H2,1-2H3/t18-,27+/m1/s1. The molecule has 3 aromatic rings. The monoisotopic (exact) mass is 590 g/mol. The van der Waals surface area contributed by atoms with Crippen LogP contribution in [-0.4, -0.2) is 32.1 Å². The maximum absolute atomic E-state index is 14.0. The third-order valence-electron chi connectivity index (χ3n) is 7.38. The quantitative estimate of drug-likeness (QED) is 0.326. The van der Waals surface area contributed by atoms with E-state index in [4.69, 9.17) is 9.47 Å². The highest BCUT2D eigenvalue weighted by Gasteiger charge is 2.50. The zero-order chi connectivity index (χ0) is 30.4. The van der Waals surface area contributed by atoms with E-state index in [-0.39, 0.29) is 41.1 Å². The molecular weight excluding hydrogens is 566 g/mol. The lowest BCUT2D eigenvalue weighted by molar-refractivity contribution is -0.170. The zero-order valence-corrected chi connectivity index (χ0v) is 22.3. The average molecular weight is 591 g/mol. The summed E-state index contributed by atoms with van der Waals surface area (Å²) in [6.07, 6.45) is -10.0. The van der Waals surface area contributed by atoms with E-state index in [0.29, 0.717) is 22.0 Å². The van der Waals surface area contributed by atoms with Gasteiger partial charge in [-0.15, -0.1) is 0 Å². The normalized spacial score (nSPS) is 19.0. The number of nitrogens with zero attached hydrogens (tertiary/aromatic N) is 1. The SMILES string of the molecule is COc1ccc([C@H]2CC(=O)C3=C(C2)Nc2ccccc2N(C(=O)C(F)(F)F)[C@H]3c2ccc(C(F)(F)F)cc2)cc1OC. The van der Waals surface area contributed by atoms with E-state index in [2.05, 4.69) is 5.32 Å². The highest BCUT2D eigenvalue weighted by molar-refractivity contribution is 6.07. The number of Topliss-reactive ketones (excluding diaryl/α,β-unsaturated/α-hetero) is 1. The van der Waals surface area contributed by atoms with Crippen LogP contribution in [0, 0.1) is 0 Å². The maximum atomic E-state index is 14.0. The van der Waals surface area contributed by atoms with E-state index in [1.165, 1.54) is 32.4 Å². The summed E-state index contributed by atoms with van der Waals surface area (Å²) in [5, 5.41) is 3.08. The second kappa shape index (κ2) is 10.7. The van der Waals surface area contributed by atoms with Crippen LogP contribution in [0.1, 0.15) is 41.5 Å². The molecule has 1 aliphatic carbocycles. The van der Waals surface area contributed by atoms with Crippen molar-refractivity contribution in [3.63, 3.8) is 0 Å². The van der Waals surface area contributed by atoms with Gasteiger partial charge in [0.05, 0.1) is 37.2 Å². The number of alkyl halides is 6. The van der Waals surface area contributed by atoms with Gasteiger partial charge in [0.15, 0.2) is 17.3 Å². The summed E-state index contributed by atoms with van der Waals surface area (Å²) in [6.45, 7) is 0. The molecule has 42 heavy (non-hydrogen) atoms. The fourth-order valence-corrected chi connectivity index (χ4v) is 5.46. The molecule has 1 heterocycles. The number of hydrogen-bond acceptors (Lipinski definition) is 5. The van der Waals surface area contributed by atoms with Crippen molar-refractivity contribution in [2.45, 2.75) is 37.2 Å². The molecule has 2 atom stereocenters. The smallest absolute Gasteiger partial charge is 0.471 e. The van der Waals surface area contributed by atoms with Crippen molar-refractivity contribution in [2.75, 3.05) is 24.4 Å². The Kier molecular flexibility index (Phi) is 7.42. The Labute approximate surface area is 236 Å². The molecule has 5 rings (SSSR count). The first kappa shape index (κ1) is 29.0. The van der Waals surface area contributed by atoms with Crippen LogP contribution in [0.2, 0.25) is 0 Å². The van der Waals surface area contributed by atoms with Crippen LogP contribution in [0.15, 0.2) is 78.0 Å². The predicted molar refractivity (Wildman–Crippen MR) is 141 cm³/mol. The summed E-state index contributed by atoms with van der Waals surface area (Å²) >= 11 is 0. The Morgan fingerprint density at radius 1 is 0.857 bits per heavy atom. The Morgan fingerprint density at radius 3 is 2.12 bits per heavy atom. The van der Waals surface area contributed by atoms with Gasteiger partial charge in [-0.2, -0.15) is 26.3 Å². The number of hydrogen-bond donors (Lipinski definition) is 1. The van der Waals surface area contributed by atoms with Gasteiger partial charge in [-0.25, -0.2) is 0 Å². The van der Waals surface area contributed by atoms with Gasteiger partial charge < -0.3 is 14.8 Å². The number of carbonyl (C=O) groups is 2. The number of ether oxygens (including phenoxy) is 2. The summed E-state index contributed by atoms with van der Waals surface area (Å²) in [5.74, 6) is -2.35. The van der Waals surface area contributed by atoms with Crippen LogP contribution in [0.5, 0.6) is 11.5 Å². The lowest BCUT2D eigenvalue weighted by Crippen LogP contribution is -2.45. The van der Waals surface area contributed by atoms with Gasteiger partial charge >= 0.3 is 18.3 Å². The van der Waals surface area contributed by atoms with Crippen molar-refractivity contribution in [1.29, 1.82) is 0 Å². The number of benzene rings is 3. The van der Waals surface area contributed by atoms with Gasteiger partial charge in [0.1, 0.15) is 0 Å². The van der Waals surface area contributed by atoms with Crippen molar-refractivity contribution in [1.82, 2.24) is 0 Å². The Bertz CT molecular complexity index is 1560. The Balaban J connectivity index is 1.70. The minimum absolute atomic E-state index is 0.0791. The molecule has 0 fully saturated rings. The molecule has 0 aromatic heterocycles. The first-order valence-corrected chi connectivity index (χ1v) is 12.7. The van der Waals surface area contributed by atoms with Gasteiger partial charge in [0, 0.05) is 17.7 Å². The van der Waals surface area contributed by atoms with Crippen LogP contribution in [0.3, 0.4) is 0 Å². The van der Waals surface area contributed by atoms with E-state index in [1.807, 2.05) is 0 Å². The first-order chi connectivity index (χ1) is 19.8. The molecule has 0 unspecified atom stereocenters. The van der Waals surface area contributed by atoms with E-state index in [0.717, 1.165) is 24.3 Å². The Hall–Kier alpha value is -4.48. The van der Waals surface area contributed by atoms with Gasteiger partial charge in [-0.05, 0) is 59.9 Å². The molecule has 220 valence electrons. The average Bonchev–Trinajstić information content (AvgIpc) is 3.10. The van der Waals surface area contributed by atoms with Gasteiger partial charge in [0.2, 0.25) is 0 Å². The second-order valence-electron chi connectivity index (χ2n) is 9.87. The molecule has 0 radical (unpaired) electrons. The number of amides is 1. The van der Waals surface area contributed by atoms with Crippen molar-refractivity contribution in [3.8, 4) is 11.5 Å². The maximum Gasteiger partial charge on any atom is 0.471 e. The number of methoxy groups -OCH3 is 2. The predicted octanol–water partition coefficient (Wildman–Crippen LogP) is 7.19. The number of anilines is 2. The number of ketones is 1. The van der Waals surface area contributed by atoms with Crippen molar-refractivity contribution < 1.29 is 45.4 Å². The molecule has 3 aromatic carbocycles. The summed E-state index contributed by atoms with van der Waals surface area (Å²) in [5.41, 5.74) is -0.288. The highest BCUT2D eigenvalue weighted by Crippen LogP contribution is 2.49. The van der Waals surface area contributed by atoms with E-state index in [9.17, 15) is 35.9 Å². The first-order valence-electron chi connectivity index (χ1n) is 12.7. The van der Waals surface area contributed by atoms with Crippen LogP contribution < -0.4 is 19.7 Å². The molecule has 0 spiro atoms. The summed E-state index contributed by atoms with van der Waals surface area (Å²) in [6, 6.07) is 12.7. The minimum Gasteiger partial charge on any atom is -0.493 e. The van der Waals surface area contributed by atoms with Crippen molar-refractivity contribution >= 4 is 23.1 Å². The molecule has 1 amide bonds. The van der Waals surface area contributed by atoms with Crippen molar-refractivity contribution in [3.05, 3.63) is 94.7 Å². The number of rotatable bonds is 4. The number of carbonyl (C=O) groups excluding carboxylic acids is 2. The largest absolute Gasteiger partial charge is 0.493 e.